The Labute approximate surface area is 127 Å². The molecule has 1 aliphatic heterocycles. The monoisotopic (exact) mass is 281 g/mol. The number of benzene rings is 2. The van der Waals surface area contributed by atoms with E-state index in [0.29, 0.717) is 6.04 Å². The van der Waals surface area contributed by atoms with E-state index < -0.39 is 0 Å². The Balaban J connectivity index is 1.92. The normalized spacial score (nSPS) is 17.8. The Kier molecular flexibility index (Phi) is 3.62. The Morgan fingerprint density at radius 2 is 1.71 bits per heavy atom. The summed E-state index contributed by atoms with van der Waals surface area (Å²) in [5, 5.41) is 3.73. The van der Waals surface area contributed by atoms with Crippen molar-refractivity contribution in [2.75, 3.05) is 11.9 Å². The van der Waals surface area contributed by atoms with Crippen molar-refractivity contribution in [2.24, 2.45) is 0 Å². The molecule has 0 aliphatic carbocycles. The number of ether oxygens (including phenoxy) is 1. The number of anilines is 1. The van der Waals surface area contributed by atoms with Crippen LogP contribution in [-0.2, 0) is 5.41 Å². The van der Waals surface area contributed by atoms with Gasteiger partial charge in [0.25, 0.3) is 0 Å². The first kappa shape index (κ1) is 14.0. The molecule has 0 fully saturated rings. The first-order valence-electron chi connectivity index (χ1n) is 7.63. The average Bonchev–Trinajstić information content (AvgIpc) is 2.47. The van der Waals surface area contributed by atoms with Crippen molar-refractivity contribution in [3.05, 3.63) is 59.7 Å². The van der Waals surface area contributed by atoms with Crippen LogP contribution < -0.4 is 10.1 Å². The van der Waals surface area contributed by atoms with Crippen LogP contribution in [0.5, 0.6) is 5.75 Å². The van der Waals surface area contributed by atoms with Gasteiger partial charge in [-0.2, -0.15) is 0 Å². The van der Waals surface area contributed by atoms with Gasteiger partial charge in [-0.1, -0.05) is 57.2 Å². The van der Waals surface area contributed by atoms with Gasteiger partial charge in [0.15, 0.2) is 0 Å². The number of para-hydroxylation sites is 2. The third kappa shape index (κ3) is 2.90. The molecule has 0 spiro atoms. The zero-order valence-electron chi connectivity index (χ0n) is 13.0. The van der Waals surface area contributed by atoms with Crippen molar-refractivity contribution >= 4 is 5.69 Å². The molecule has 2 aromatic rings. The van der Waals surface area contributed by atoms with Gasteiger partial charge in [0, 0.05) is 17.7 Å². The molecule has 2 nitrogen and oxygen atoms in total. The summed E-state index contributed by atoms with van der Waals surface area (Å²) in [5.74, 6) is 1.01. The minimum absolute atomic E-state index is 0.133. The third-order valence-electron chi connectivity index (χ3n) is 4.02. The van der Waals surface area contributed by atoms with Crippen LogP contribution in [0.25, 0.3) is 0 Å². The van der Waals surface area contributed by atoms with Gasteiger partial charge in [-0.3, -0.25) is 0 Å². The first-order chi connectivity index (χ1) is 10.1. The molecule has 0 saturated heterocycles. The van der Waals surface area contributed by atoms with Crippen molar-refractivity contribution in [1.29, 1.82) is 0 Å². The summed E-state index contributed by atoms with van der Waals surface area (Å²) in [6.07, 6.45) is 0.996. The van der Waals surface area contributed by atoms with Crippen molar-refractivity contribution < 1.29 is 4.74 Å². The van der Waals surface area contributed by atoms with Crippen LogP contribution in [0.2, 0.25) is 0 Å². The van der Waals surface area contributed by atoms with Crippen molar-refractivity contribution in [2.45, 2.75) is 38.6 Å². The van der Waals surface area contributed by atoms with E-state index in [0.717, 1.165) is 18.8 Å². The van der Waals surface area contributed by atoms with Crippen LogP contribution in [0.4, 0.5) is 5.69 Å². The molecule has 2 aromatic carbocycles. The summed E-state index contributed by atoms with van der Waals surface area (Å²) in [7, 11) is 0. The molecule has 1 heterocycles. The maximum Gasteiger partial charge on any atom is 0.124 e. The zero-order chi connectivity index (χ0) is 14.9. The predicted octanol–water partition coefficient (Wildman–Crippen LogP) is 4.92. The van der Waals surface area contributed by atoms with E-state index in [4.69, 9.17) is 4.74 Å². The average molecular weight is 281 g/mol. The highest BCUT2D eigenvalue weighted by atomic mass is 16.5. The van der Waals surface area contributed by atoms with Crippen LogP contribution in [0.15, 0.2) is 48.5 Å². The highest BCUT2D eigenvalue weighted by Crippen LogP contribution is 2.37. The van der Waals surface area contributed by atoms with Gasteiger partial charge in [0.2, 0.25) is 0 Å². The second kappa shape index (κ2) is 5.44. The van der Waals surface area contributed by atoms with Gasteiger partial charge in [-0.05, 0) is 23.1 Å². The highest BCUT2D eigenvalue weighted by molar-refractivity contribution is 5.56. The molecular weight excluding hydrogens is 258 g/mol. The molecular formula is C19H23NO. The molecule has 0 saturated carbocycles. The SMILES string of the molecule is CC(C)(C)c1ccccc1NC1CCOc2ccccc21. The van der Waals surface area contributed by atoms with Crippen LogP contribution >= 0.6 is 0 Å². The van der Waals surface area contributed by atoms with Gasteiger partial charge >= 0.3 is 0 Å². The largest absolute Gasteiger partial charge is 0.493 e. The minimum atomic E-state index is 0.133. The zero-order valence-corrected chi connectivity index (χ0v) is 13.0. The molecule has 3 rings (SSSR count). The van der Waals surface area contributed by atoms with E-state index in [1.165, 1.54) is 16.8 Å². The summed E-state index contributed by atoms with van der Waals surface area (Å²) in [4.78, 5) is 0. The summed E-state index contributed by atoms with van der Waals surface area (Å²) in [5.41, 5.74) is 3.97. The van der Waals surface area contributed by atoms with E-state index >= 15 is 0 Å². The summed E-state index contributed by atoms with van der Waals surface area (Å²) >= 11 is 0. The number of nitrogens with one attached hydrogen (secondary N) is 1. The molecule has 110 valence electrons. The van der Waals surface area contributed by atoms with Crippen molar-refractivity contribution in [1.82, 2.24) is 0 Å². The fraction of sp³-hybridized carbons (Fsp3) is 0.368. The second-order valence-electron chi connectivity index (χ2n) is 6.67. The maximum atomic E-state index is 5.75. The van der Waals surface area contributed by atoms with E-state index in [1.807, 2.05) is 6.07 Å². The van der Waals surface area contributed by atoms with Gasteiger partial charge in [0.1, 0.15) is 5.75 Å². The molecule has 21 heavy (non-hydrogen) atoms. The number of hydrogen-bond donors (Lipinski definition) is 1. The Morgan fingerprint density at radius 3 is 2.52 bits per heavy atom. The molecule has 1 unspecified atom stereocenters. The summed E-state index contributed by atoms with van der Waals surface area (Å²) in [6, 6.07) is 17.3. The minimum Gasteiger partial charge on any atom is -0.493 e. The molecule has 2 heteroatoms. The topological polar surface area (TPSA) is 21.3 Å². The van der Waals surface area contributed by atoms with Gasteiger partial charge in [0.05, 0.1) is 12.6 Å². The maximum absolute atomic E-state index is 5.75. The number of hydrogen-bond acceptors (Lipinski definition) is 2. The lowest BCUT2D eigenvalue weighted by Crippen LogP contribution is -2.22. The molecule has 1 N–H and O–H groups in total. The fourth-order valence-corrected chi connectivity index (χ4v) is 2.94. The lowest BCUT2D eigenvalue weighted by Gasteiger charge is -2.30. The van der Waals surface area contributed by atoms with Gasteiger partial charge in [-0.15, -0.1) is 0 Å². The van der Waals surface area contributed by atoms with Gasteiger partial charge < -0.3 is 10.1 Å². The summed E-state index contributed by atoms with van der Waals surface area (Å²) in [6.45, 7) is 7.54. The highest BCUT2D eigenvalue weighted by Gasteiger charge is 2.23. The number of rotatable bonds is 2. The van der Waals surface area contributed by atoms with Crippen molar-refractivity contribution in [3.8, 4) is 5.75 Å². The lowest BCUT2D eigenvalue weighted by atomic mass is 9.85. The van der Waals surface area contributed by atoms with Crippen molar-refractivity contribution in [3.63, 3.8) is 0 Å². The molecule has 0 aromatic heterocycles. The second-order valence-corrected chi connectivity index (χ2v) is 6.67. The molecule has 1 aliphatic rings. The standard InChI is InChI=1S/C19H23NO/c1-19(2,3)15-9-5-6-10-17(15)20-16-12-13-21-18-11-7-4-8-14(16)18/h4-11,16,20H,12-13H2,1-3H3. The van der Waals surface area contributed by atoms with Crippen LogP contribution in [-0.4, -0.2) is 6.61 Å². The van der Waals surface area contributed by atoms with Crippen LogP contribution in [0.3, 0.4) is 0 Å². The quantitative estimate of drug-likeness (QED) is 0.843. The first-order valence-corrected chi connectivity index (χ1v) is 7.63. The predicted molar refractivity (Wildman–Crippen MR) is 88.1 cm³/mol. The van der Waals surface area contributed by atoms with E-state index in [9.17, 15) is 0 Å². The number of fused-ring (bicyclic) bond motifs is 1. The lowest BCUT2D eigenvalue weighted by molar-refractivity contribution is 0.274. The smallest absolute Gasteiger partial charge is 0.124 e. The molecule has 0 amide bonds. The van der Waals surface area contributed by atoms with E-state index in [2.05, 4.69) is 68.6 Å². The summed E-state index contributed by atoms with van der Waals surface area (Å²) < 4.78 is 5.75. The molecule has 0 bridgehead atoms. The fourth-order valence-electron chi connectivity index (χ4n) is 2.94. The molecule has 1 atom stereocenters. The van der Waals surface area contributed by atoms with Crippen LogP contribution in [0, 0.1) is 0 Å². The third-order valence-corrected chi connectivity index (χ3v) is 4.02. The Hall–Kier alpha value is -1.96. The molecule has 0 radical (unpaired) electrons. The van der Waals surface area contributed by atoms with E-state index in [1.54, 1.807) is 0 Å². The van der Waals surface area contributed by atoms with E-state index in [-0.39, 0.29) is 5.41 Å². The van der Waals surface area contributed by atoms with Crippen LogP contribution in [0.1, 0.15) is 44.4 Å². The van der Waals surface area contributed by atoms with Gasteiger partial charge in [-0.25, -0.2) is 0 Å². The Morgan fingerprint density at radius 1 is 1.00 bits per heavy atom. The Bertz CT molecular complexity index is 627.